The van der Waals surface area contributed by atoms with Crippen LogP contribution >= 0.6 is 0 Å². The first-order valence-electron chi connectivity index (χ1n) is 13.1. The fourth-order valence-electron chi connectivity index (χ4n) is 7.44. The van der Waals surface area contributed by atoms with Crippen LogP contribution in [-0.4, -0.2) is 0 Å². The maximum absolute atomic E-state index is 4.44. The maximum atomic E-state index is 4.44. The van der Waals surface area contributed by atoms with Crippen molar-refractivity contribution in [1.29, 1.82) is 0 Å². The standard InChI is InChI=1S/C30H46/c1-20-18-23(4)24(5)27(19-20)14-13-26-8-7-17-30(6)28(15-16-29(26)30)22(3)10-9-21(2)25-11-12-25/h9-10,13-14,20-23,25,28-29H,5,7-8,11-12,15-19H2,1-4,6H3/b10-9+,26-13+,27-14+/t20-,21+,22+,23-,28-,29-,30+/m0/s1. The highest BCUT2D eigenvalue weighted by Crippen LogP contribution is 2.59. The van der Waals surface area contributed by atoms with Crippen molar-refractivity contribution < 1.29 is 0 Å². The molecular formula is C30H46. The highest BCUT2D eigenvalue weighted by Gasteiger charge is 2.50. The Hall–Kier alpha value is -1.04. The Labute approximate surface area is 187 Å². The molecule has 4 aliphatic carbocycles. The van der Waals surface area contributed by atoms with Gasteiger partial charge in [0.15, 0.2) is 0 Å². The summed E-state index contributed by atoms with van der Waals surface area (Å²) < 4.78 is 0. The fraction of sp³-hybridized carbons (Fsp3) is 0.733. The molecule has 0 amide bonds. The van der Waals surface area contributed by atoms with Crippen molar-refractivity contribution in [3.63, 3.8) is 0 Å². The van der Waals surface area contributed by atoms with Gasteiger partial charge in [0.2, 0.25) is 0 Å². The molecule has 4 rings (SSSR count). The summed E-state index contributed by atoms with van der Waals surface area (Å²) in [5.74, 6) is 5.60. The van der Waals surface area contributed by atoms with Gasteiger partial charge in [0.1, 0.15) is 0 Å². The molecule has 30 heavy (non-hydrogen) atoms. The van der Waals surface area contributed by atoms with Crippen LogP contribution in [-0.2, 0) is 0 Å². The van der Waals surface area contributed by atoms with Gasteiger partial charge in [0, 0.05) is 0 Å². The molecule has 0 aromatic heterocycles. The molecule has 4 saturated carbocycles. The molecule has 0 aliphatic heterocycles. The maximum Gasteiger partial charge on any atom is -0.0143 e. The molecule has 4 fully saturated rings. The third-order valence-electron chi connectivity index (χ3n) is 9.59. The van der Waals surface area contributed by atoms with E-state index in [4.69, 9.17) is 0 Å². The summed E-state index contributed by atoms with van der Waals surface area (Å²) in [5, 5.41) is 0. The Morgan fingerprint density at radius 2 is 1.73 bits per heavy atom. The van der Waals surface area contributed by atoms with Crippen molar-refractivity contribution in [1.82, 2.24) is 0 Å². The fourth-order valence-corrected chi connectivity index (χ4v) is 7.44. The molecule has 7 atom stereocenters. The van der Waals surface area contributed by atoms with Crippen molar-refractivity contribution in [3.8, 4) is 0 Å². The minimum atomic E-state index is 0.499. The van der Waals surface area contributed by atoms with Crippen LogP contribution in [0, 0.1) is 46.8 Å². The van der Waals surface area contributed by atoms with Crippen molar-refractivity contribution in [3.05, 3.63) is 47.6 Å². The van der Waals surface area contributed by atoms with Crippen LogP contribution in [0.25, 0.3) is 0 Å². The van der Waals surface area contributed by atoms with Gasteiger partial charge in [-0.2, -0.15) is 0 Å². The summed E-state index contributed by atoms with van der Waals surface area (Å²) in [4.78, 5) is 0. The molecule has 4 aliphatic rings. The highest BCUT2D eigenvalue weighted by molar-refractivity contribution is 5.37. The average Bonchev–Trinajstić information content (AvgIpc) is 3.49. The van der Waals surface area contributed by atoms with E-state index in [1.807, 2.05) is 0 Å². The summed E-state index contributed by atoms with van der Waals surface area (Å²) in [6.45, 7) is 16.8. The molecule has 166 valence electrons. The first-order valence-corrected chi connectivity index (χ1v) is 13.1. The van der Waals surface area contributed by atoms with Crippen molar-refractivity contribution in [2.75, 3.05) is 0 Å². The monoisotopic (exact) mass is 406 g/mol. The topological polar surface area (TPSA) is 0 Å². The van der Waals surface area contributed by atoms with Crippen molar-refractivity contribution in [2.24, 2.45) is 46.8 Å². The lowest BCUT2D eigenvalue weighted by atomic mass is 9.61. The summed E-state index contributed by atoms with van der Waals surface area (Å²) in [6, 6.07) is 0. The second kappa shape index (κ2) is 8.84. The lowest BCUT2D eigenvalue weighted by Gasteiger charge is -2.44. The van der Waals surface area contributed by atoms with E-state index in [1.165, 1.54) is 68.9 Å². The normalized spacial score (nSPS) is 42.1. The molecule has 0 N–H and O–H groups in total. The van der Waals surface area contributed by atoms with Crippen LogP contribution in [0.3, 0.4) is 0 Å². The van der Waals surface area contributed by atoms with Gasteiger partial charge in [-0.25, -0.2) is 0 Å². The second-order valence-corrected chi connectivity index (χ2v) is 11.9. The molecule has 0 heterocycles. The zero-order chi connectivity index (χ0) is 21.5. The Bertz CT molecular complexity index is 729. The van der Waals surface area contributed by atoms with Crippen LogP contribution in [0.15, 0.2) is 47.6 Å². The lowest BCUT2D eigenvalue weighted by Crippen LogP contribution is -2.35. The highest BCUT2D eigenvalue weighted by atomic mass is 14.5. The number of rotatable bonds is 5. The number of hydrogen-bond donors (Lipinski definition) is 0. The summed E-state index contributed by atoms with van der Waals surface area (Å²) in [6.07, 6.45) is 22.5. The van der Waals surface area contributed by atoms with Crippen LogP contribution < -0.4 is 0 Å². The van der Waals surface area contributed by atoms with Crippen molar-refractivity contribution >= 4 is 0 Å². The van der Waals surface area contributed by atoms with Gasteiger partial charge in [0.25, 0.3) is 0 Å². The first kappa shape index (κ1) is 22.2. The van der Waals surface area contributed by atoms with Crippen LogP contribution in [0.2, 0.25) is 0 Å². The molecular weight excluding hydrogens is 360 g/mol. The van der Waals surface area contributed by atoms with E-state index < -0.39 is 0 Å². The van der Waals surface area contributed by atoms with E-state index in [0.717, 1.165) is 35.5 Å². The SMILES string of the molecule is C=C1/C(=C/C=C2\CCC[C@@]3(C)[C@H]2CC[C@H]3[C@H](C)/C=C/[C@@H](C)C2CC2)C[C@@H](C)C[C@@H]1C. The van der Waals surface area contributed by atoms with E-state index in [-0.39, 0.29) is 0 Å². The van der Waals surface area contributed by atoms with Gasteiger partial charge in [-0.15, -0.1) is 0 Å². The molecule has 0 aromatic carbocycles. The molecule has 0 bridgehead atoms. The molecule has 0 nitrogen and oxygen atoms in total. The molecule has 0 aromatic rings. The van der Waals surface area contributed by atoms with Gasteiger partial charge < -0.3 is 0 Å². The summed E-state index contributed by atoms with van der Waals surface area (Å²) in [7, 11) is 0. The predicted octanol–water partition coefficient (Wildman–Crippen LogP) is 8.92. The van der Waals surface area contributed by atoms with Crippen LogP contribution in [0.5, 0.6) is 0 Å². The Kier molecular flexibility index (Phi) is 6.53. The van der Waals surface area contributed by atoms with E-state index in [2.05, 4.69) is 65.5 Å². The molecule has 0 saturated heterocycles. The smallest absolute Gasteiger partial charge is 0.0143 e. The zero-order valence-electron chi connectivity index (χ0n) is 20.4. The first-order chi connectivity index (χ1) is 14.3. The van der Waals surface area contributed by atoms with Gasteiger partial charge in [-0.3, -0.25) is 0 Å². The predicted molar refractivity (Wildman–Crippen MR) is 131 cm³/mol. The third kappa shape index (κ3) is 4.44. The summed E-state index contributed by atoms with van der Waals surface area (Å²) >= 11 is 0. The van der Waals surface area contributed by atoms with Gasteiger partial charge in [-0.05, 0) is 116 Å². The van der Waals surface area contributed by atoms with Crippen LogP contribution in [0.4, 0.5) is 0 Å². The van der Waals surface area contributed by atoms with E-state index in [0.29, 0.717) is 11.3 Å². The number of allylic oxidation sites excluding steroid dienone is 7. The minimum absolute atomic E-state index is 0.499. The third-order valence-corrected chi connectivity index (χ3v) is 9.59. The Morgan fingerprint density at radius 1 is 1.00 bits per heavy atom. The van der Waals surface area contributed by atoms with Crippen LogP contribution in [0.1, 0.15) is 92.4 Å². The summed E-state index contributed by atoms with van der Waals surface area (Å²) in [5.41, 5.74) is 5.18. The molecule has 0 unspecified atom stereocenters. The average molecular weight is 407 g/mol. The molecule has 0 heteroatoms. The number of hydrogen-bond acceptors (Lipinski definition) is 0. The molecule has 0 spiro atoms. The van der Waals surface area contributed by atoms with Crippen molar-refractivity contribution in [2.45, 2.75) is 92.4 Å². The minimum Gasteiger partial charge on any atom is -0.0953 e. The quantitative estimate of drug-likeness (QED) is 0.400. The Balaban J connectivity index is 1.48. The molecule has 0 radical (unpaired) electrons. The van der Waals surface area contributed by atoms with Gasteiger partial charge in [0.05, 0.1) is 0 Å². The van der Waals surface area contributed by atoms with Gasteiger partial charge >= 0.3 is 0 Å². The van der Waals surface area contributed by atoms with Gasteiger partial charge in [-0.1, -0.05) is 71.1 Å². The zero-order valence-corrected chi connectivity index (χ0v) is 20.4. The largest absolute Gasteiger partial charge is 0.0953 e. The number of fused-ring (bicyclic) bond motifs is 1. The van der Waals surface area contributed by atoms with E-state index in [9.17, 15) is 0 Å². The lowest BCUT2D eigenvalue weighted by molar-refractivity contribution is 0.112. The van der Waals surface area contributed by atoms with E-state index >= 15 is 0 Å². The second-order valence-electron chi connectivity index (χ2n) is 11.9. The Morgan fingerprint density at radius 3 is 2.47 bits per heavy atom. The van der Waals surface area contributed by atoms with E-state index in [1.54, 1.807) is 5.57 Å².